The molecule has 2 heterocycles. The molecule has 0 saturated carbocycles. The lowest BCUT2D eigenvalue weighted by Gasteiger charge is -2.37. The third-order valence-electron chi connectivity index (χ3n) is 3.80. The molecule has 0 radical (unpaired) electrons. The highest BCUT2D eigenvalue weighted by atomic mass is 16.3. The van der Waals surface area contributed by atoms with Gasteiger partial charge < -0.3 is 9.73 Å². The minimum Gasteiger partial charge on any atom is -0.465 e. The van der Waals surface area contributed by atoms with Gasteiger partial charge in [-0.2, -0.15) is 0 Å². The van der Waals surface area contributed by atoms with E-state index in [2.05, 4.69) is 37.1 Å². The molecule has 1 N–H and O–H groups in total. The largest absolute Gasteiger partial charge is 0.465 e. The van der Waals surface area contributed by atoms with Crippen molar-refractivity contribution in [3.8, 4) is 0 Å². The Balaban J connectivity index is 1.98. The summed E-state index contributed by atoms with van der Waals surface area (Å²) in [4.78, 5) is 2.52. The first-order valence-corrected chi connectivity index (χ1v) is 6.95. The maximum absolute atomic E-state index is 5.86. The van der Waals surface area contributed by atoms with Crippen LogP contribution in [0.1, 0.15) is 43.8 Å². The Labute approximate surface area is 111 Å². The molecule has 3 nitrogen and oxygen atoms in total. The Morgan fingerprint density at radius 2 is 2.22 bits per heavy atom. The van der Waals surface area contributed by atoms with E-state index in [4.69, 9.17) is 4.42 Å². The van der Waals surface area contributed by atoms with E-state index in [1.165, 1.54) is 31.5 Å². The van der Waals surface area contributed by atoms with Crippen LogP contribution in [0.4, 0.5) is 0 Å². The Kier molecular flexibility index (Phi) is 4.13. The van der Waals surface area contributed by atoms with Gasteiger partial charge in [0.15, 0.2) is 0 Å². The molecule has 1 fully saturated rings. The second-order valence-corrected chi connectivity index (χ2v) is 6.30. The van der Waals surface area contributed by atoms with Crippen LogP contribution in [-0.4, -0.2) is 25.0 Å². The molecular weight excluding hydrogens is 224 g/mol. The van der Waals surface area contributed by atoms with Crippen molar-refractivity contribution in [2.75, 3.05) is 20.1 Å². The van der Waals surface area contributed by atoms with E-state index in [1.807, 2.05) is 7.05 Å². The highest BCUT2D eigenvalue weighted by Gasteiger charge is 2.26. The fraction of sp³-hybridized carbons (Fsp3) is 0.733. The van der Waals surface area contributed by atoms with Gasteiger partial charge in [-0.1, -0.05) is 13.8 Å². The number of likely N-dealkylation sites (tertiary alicyclic amines) is 1. The van der Waals surface area contributed by atoms with E-state index >= 15 is 0 Å². The molecule has 0 spiro atoms. The first kappa shape index (κ1) is 13.6. The van der Waals surface area contributed by atoms with Gasteiger partial charge >= 0.3 is 0 Å². The molecule has 102 valence electrons. The SMILES string of the molecule is CNCc1cc(CN2CCCC(C)(C)C2)oc1C. The van der Waals surface area contributed by atoms with E-state index in [0.29, 0.717) is 5.41 Å². The molecule has 1 aliphatic rings. The molecule has 1 aromatic heterocycles. The van der Waals surface area contributed by atoms with Crippen LogP contribution >= 0.6 is 0 Å². The quantitative estimate of drug-likeness (QED) is 0.890. The van der Waals surface area contributed by atoms with Crippen LogP contribution in [0.15, 0.2) is 10.5 Å². The maximum atomic E-state index is 5.86. The molecular formula is C15H26N2O. The molecule has 0 amide bonds. The van der Waals surface area contributed by atoms with Gasteiger partial charge in [0, 0.05) is 18.7 Å². The number of furan rings is 1. The lowest BCUT2D eigenvalue weighted by Crippen LogP contribution is -2.39. The van der Waals surface area contributed by atoms with Crippen molar-refractivity contribution in [2.45, 2.75) is 46.7 Å². The number of rotatable bonds is 4. The highest BCUT2D eigenvalue weighted by molar-refractivity contribution is 5.20. The molecule has 3 heteroatoms. The van der Waals surface area contributed by atoms with E-state index in [-0.39, 0.29) is 0 Å². The van der Waals surface area contributed by atoms with Gasteiger partial charge in [0.25, 0.3) is 0 Å². The van der Waals surface area contributed by atoms with Crippen LogP contribution in [0.5, 0.6) is 0 Å². The average Bonchev–Trinajstić information content (AvgIpc) is 2.58. The summed E-state index contributed by atoms with van der Waals surface area (Å²) >= 11 is 0. The Bertz CT molecular complexity index is 395. The summed E-state index contributed by atoms with van der Waals surface area (Å²) in [7, 11) is 1.97. The number of nitrogens with one attached hydrogen (secondary N) is 1. The van der Waals surface area contributed by atoms with Crippen LogP contribution in [-0.2, 0) is 13.1 Å². The number of piperidine rings is 1. The van der Waals surface area contributed by atoms with Gasteiger partial charge in [-0.05, 0) is 44.8 Å². The van der Waals surface area contributed by atoms with Gasteiger partial charge in [0.2, 0.25) is 0 Å². The second-order valence-electron chi connectivity index (χ2n) is 6.30. The average molecular weight is 250 g/mol. The van der Waals surface area contributed by atoms with E-state index < -0.39 is 0 Å². The molecule has 0 aliphatic carbocycles. The molecule has 0 atom stereocenters. The monoisotopic (exact) mass is 250 g/mol. The van der Waals surface area contributed by atoms with Gasteiger partial charge in [-0.3, -0.25) is 4.90 Å². The van der Waals surface area contributed by atoms with Gasteiger partial charge in [0.1, 0.15) is 11.5 Å². The molecule has 2 rings (SSSR count). The van der Waals surface area contributed by atoms with Crippen molar-refractivity contribution in [1.29, 1.82) is 0 Å². The minimum absolute atomic E-state index is 0.452. The molecule has 1 aliphatic heterocycles. The Hall–Kier alpha value is -0.800. The predicted molar refractivity (Wildman–Crippen MR) is 74.5 cm³/mol. The summed E-state index contributed by atoms with van der Waals surface area (Å²) in [6.45, 7) is 11.0. The normalized spacial score (nSPS) is 20.2. The van der Waals surface area contributed by atoms with Gasteiger partial charge in [-0.25, -0.2) is 0 Å². The zero-order valence-electron chi connectivity index (χ0n) is 12.2. The third-order valence-corrected chi connectivity index (χ3v) is 3.80. The molecule has 1 saturated heterocycles. The van der Waals surface area contributed by atoms with Gasteiger partial charge in [0.05, 0.1) is 6.54 Å². The smallest absolute Gasteiger partial charge is 0.118 e. The predicted octanol–water partition coefficient (Wildman–Crippen LogP) is 2.93. The molecule has 0 aromatic carbocycles. The Morgan fingerprint density at radius 1 is 1.44 bits per heavy atom. The summed E-state index contributed by atoms with van der Waals surface area (Å²) in [5.74, 6) is 2.16. The summed E-state index contributed by atoms with van der Waals surface area (Å²) in [6.07, 6.45) is 2.64. The summed E-state index contributed by atoms with van der Waals surface area (Å²) in [5.41, 5.74) is 1.73. The topological polar surface area (TPSA) is 28.4 Å². The molecule has 0 bridgehead atoms. The van der Waals surface area contributed by atoms with Crippen LogP contribution in [0.25, 0.3) is 0 Å². The summed E-state index contributed by atoms with van der Waals surface area (Å²) in [6, 6.07) is 2.20. The number of aryl methyl sites for hydroxylation is 1. The van der Waals surface area contributed by atoms with Crippen molar-refractivity contribution in [1.82, 2.24) is 10.2 Å². The van der Waals surface area contributed by atoms with E-state index in [0.717, 1.165) is 24.6 Å². The Morgan fingerprint density at radius 3 is 2.89 bits per heavy atom. The van der Waals surface area contributed by atoms with Gasteiger partial charge in [-0.15, -0.1) is 0 Å². The zero-order valence-corrected chi connectivity index (χ0v) is 12.2. The van der Waals surface area contributed by atoms with Crippen molar-refractivity contribution in [3.05, 3.63) is 23.2 Å². The fourth-order valence-corrected chi connectivity index (χ4v) is 2.93. The van der Waals surface area contributed by atoms with Crippen molar-refractivity contribution in [3.63, 3.8) is 0 Å². The third kappa shape index (κ3) is 3.36. The maximum Gasteiger partial charge on any atom is 0.118 e. The summed E-state index contributed by atoms with van der Waals surface area (Å²) in [5, 5.41) is 3.18. The lowest BCUT2D eigenvalue weighted by molar-refractivity contribution is 0.105. The lowest BCUT2D eigenvalue weighted by atomic mass is 9.84. The first-order chi connectivity index (χ1) is 8.50. The molecule has 0 unspecified atom stereocenters. The first-order valence-electron chi connectivity index (χ1n) is 6.95. The van der Waals surface area contributed by atoms with Crippen molar-refractivity contribution < 1.29 is 4.42 Å². The minimum atomic E-state index is 0.452. The van der Waals surface area contributed by atoms with Crippen molar-refractivity contribution in [2.24, 2.45) is 5.41 Å². The van der Waals surface area contributed by atoms with Crippen LogP contribution in [0, 0.1) is 12.3 Å². The summed E-state index contributed by atoms with van der Waals surface area (Å²) < 4.78 is 5.86. The number of hydrogen-bond acceptors (Lipinski definition) is 3. The second kappa shape index (κ2) is 5.45. The fourth-order valence-electron chi connectivity index (χ4n) is 2.93. The zero-order chi connectivity index (χ0) is 13.2. The molecule has 1 aromatic rings. The van der Waals surface area contributed by atoms with E-state index in [9.17, 15) is 0 Å². The molecule has 18 heavy (non-hydrogen) atoms. The van der Waals surface area contributed by atoms with Crippen LogP contribution < -0.4 is 5.32 Å². The number of nitrogens with zero attached hydrogens (tertiary/aromatic N) is 1. The van der Waals surface area contributed by atoms with Crippen LogP contribution in [0.3, 0.4) is 0 Å². The van der Waals surface area contributed by atoms with E-state index in [1.54, 1.807) is 0 Å². The number of hydrogen-bond donors (Lipinski definition) is 1. The highest BCUT2D eigenvalue weighted by Crippen LogP contribution is 2.29. The standard InChI is InChI=1S/C15H26N2O/c1-12-13(9-16-4)8-14(18-12)10-17-7-5-6-15(2,3)11-17/h8,16H,5-7,9-11H2,1-4H3. The van der Waals surface area contributed by atoms with Crippen LogP contribution in [0.2, 0.25) is 0 Å². The van der Waals surface area contributed by atoms with Crippen molar-refractivity contribution >= 4 is 0 Å².